The summed E-state index contributed by atoms with van der Waals surface area (Å²) in [5, 5.41) is 10.1. The van der Waals surface area contributed by atoms with Crippen molar-refractivity contribution in [3.05, 3.63) is 231 Å². The Morgan fingerprint density at radius 3 is 0.741 bits per heavy atom. The minimum absolute atomic E-state index is 1.21. The summed E-state index contributed by atoms with van der Waals surface area (Å²) in [6.45, 7) is 0. The van der Waals surface area contributed by atoms with E-state index in [4.69, 9.17) is 0 Å². The smallest absolute Gasteiger partial charge is 0.00262 e. The third-order valence-corrected chi connectivity index (χ3v) is 11.9. The van der Waals surface area contributed by atoms with Crippen LogP contribution in [-0.2, 0) is 0 Å². The standard InChI is InChI=1S/C58H38/c1-4-16-39(17-5-1)41-28-30-43(31-29-41)55-47-22-10-12-24-49(47)56(50-25-13-11-23-48(50)55)44-32-34-45(35-33-44)57-51-26-14-15-27-52(51)58(42-20-8-3-9-21-42)54-38-46(36-37-53(54)57)40-18-6-2-7-19-40/h1-38H. The number of hydrogen-bond acceptors (Lipinski definition) is 0. The molecule has 11 rings (SSSR count). The fraction of sp³-hybridized carbons (Fsp3) is 0. The van der Waals surface area contributed by atoms with Gasteiger partial charge in [-0.05, 0) is 116 Å². The summed E-state index contributed by atoms with van der Waals surface area (Å²) in [6.07, 6.45) is 0. The SMILES string of the molecule is c1ccc(-c2ccc(-c3c4ccccc4c(-c4ccc(-c5c6ccccc6c(-c6ccccc6)c6cc(-c7ccccc7)ccc56)cc4)c4ccccc34)cc2)cc1. The van der Waals surface area contributed by atoms with Gasteiger partial charge in [0.05, 0.1) is 0 Å². The van der Waals surface area contributed by atoms with Gasteiger partial charge in [-0.1, -0.05) is 224 Å². The zero-order chi connectivity index (χ0) is 38.4. The van der Waals surface area contributed by atoms with E-state index in [9.17, 15) is 0 Å². The van der Waals surface area contributed by atoms with E-state index in [-0.39, 0.29) is 0 Å². The molecule has 0 radical (unpaired) electrons. The number of hydrogen-bond donors (Lipinski definition) is 0. The van der Waals surface area contributed by atoms with Gasteiger partial charge in [0, 0.05) is 0 Å². The molecule has 270 valence electrons. The third-order valence-electron chi connectivity index (χ3n) is 11.9. The highest BCUT2D eigenvalue weighted by Gasteiger charge is 2.20. The minimum Gasteiger partial charge on any atom is -0.0622 e. The van der Waals surface area contributed by atoms with Crippen molar-refractivity contribution in [2.75, 3.05) is 0 Å². The lowest BCUT2D eigenvalue weighted by Crippen LogP contribution is -1.93. The number of fused-ring (bicyclic) bond motifs is 4. The molecule has 0 nitrogen and oxygen atoms in total. The zero-order valence-corrected chi connectivity index (χ0v) is 31.9. The van der Waals surface area contributed by atoms with Gasteiger partial charge in [0.2, 0.25) is 0 Å². The Morgan fingerprint density at radius 1 is 0.138 bits per heavy atom. The molecule has 0 amide bonds. The molecule has 0 N–H and O–H groups in total. The lowest BCUT2D eigenvalue weighted by atomic mass is 9.83. The molecule has 0 heterocycles. The molecule has 11 aromatic carbocycles. The molecular weight excluding hydrogens is 697 g/mol. The van der Waals surface area contributed by atoms with Crippen LogP contribution in [-0.4, -0.2) is 0 Å². The van der Waals surface area contributed by atoms with Crippen LogP contribution in [0.15, 0.2) is 231 Å². The second-order valence-electron chi connectivity index (χ2n) is 15.1. The van der Waals surface area contributed by atoms with Gasteiger partial charge < -0.3 is 0 Å². The second kappa shape index (κ2) is 14.2. The molecular formula is C58H38. The van der Waals surface area contributed by atoms with Crippen LogP contribution < -0.4 is 0 Å². The average Bonchev–Trinajstić information content (AvgIpc) is 3.31. The monoisotopic (exact) mass is 734 g/mol. The van der Waals surface area contributed by atoms with Gasteiger partial charge in [-0.15, -0.1) is 0 Å². The lowest BCUT2D eigenvalue weighted by molar-refractivity contribution is 1.61. The molecule has 0 aromatic heterocycles. The Morgan fingerprint density at radius 2 is 0.362 bits per heavy atom. The molecule has 11 aromatic rings. The fourth-order valence-corrected chi connectivity index (χ4v) is 9.23. The van der Waals surface area contributed by atoms with Crippen molar-refractivity contribution in [3.63, 3.8) is 0 Å². The molecule has 0 heteroatoms. The Balaban J connectivity index is 1.10. The first kappa shape index (κ1) is 33.8. The van der Waals surface area contributed by atoms with Crippen LogP contribution in [0.3, 0.4) is 0 Å². The Bertz CT molecular complexity index is 3210. The van der Waals surface area contributed by atoms with E-state index < -0.39 is 0 Å². The average molecular weight is 735 g/mol. The van der Waals surface area contributed by atoms with Crippen LogP contribution in [0.1, 0.15) is 0 Å². The molecule has 0 spiro atoms. The third kappa shape index (κ3) is 5.69. The summed E-state index contributed by atoms with van der Waals surface area (Å²) in [4.78, 5) is 0. The van der Waals surface area contributed by atoms with Gasteiger partial charge in [-0.25, -0.2) is 0 Å². The van der Waals surface area contributed by atoms with Gasteiger partial charge in [0.25, 0.3) is 0 Å². The van der Waals surface area contributed by atoms with Crippen LogP contribution in [0.25, 0.3) is 110 Å². The van der Waals surface area contributed by atoms with Crippen LogP contribution in [0, 0.1) is 0 Å². The molecule has 0 aliphatic carbocycles. The van der Waals surface area contributed by atoms with Crippen LogP contribution >= 0.6 is 0 Å². The summed E-state index contributed by atoms with van der Waals surface area (Å²) in [7, 11) is 0. The van der Waals surface area contributed by atoms with E-state index in [1.54, 1.807) is 0 Å². The van der Waals surface area contributed by atoms with E-state index in [0.29, 0.717) is 0 Å². The van der Waals surface area contributed by atoms with Gasteiger partial charge in [-0.3, -0.25) is 0 Å². The first-order valence-corrected chi connectivity index (χ1v) is 20.1. The largest absolute Gasteiger partial charge is 0.0622 e. The maximum absolute atomic E-state index is 2.40. The van der Waals surface area contributed by atoms with E-state index >= 15 is 0 Å². The molecule has 0 aliphatic rings. The molecule has 0 atom stereocenters. The van der Waals surface area contributed by atoms with Crippen molar-refractivity contribution >= 4 is 43.1 Å². The normalized spacial score (nSPS) is 11.4. The summed E-state index contributed by atoms with van der Waals surface area (Å²) < 4.78 is 0. The van der Waals surface area contributed by atoms with Crippen molar-refractivity contribution < 1.29 is 0 Å². The van der Waals surface area contributed by atoms with Crippen molar-refractivity contribution in [3.8, 4) is 66.8 Å². The van der Waals surface area contributed by atoms with Crippen molar-refractivity contribution in [1.29, 1.82) is 0 Å². The van der Waals surface area contributed by atoms with Gasteiger partial charge >= 0.3 is 0 Å². The summed E-state index contributed by atoms with van der Waals surface area (Å²) in [6, 6.07) is 84.4. The topological polar surface area (TPSA) is 0 Å². The van der Waals surface area contributed by atoms with Crippen molar-refractivity contribution in [2.45, 2.75) is 0 Å². The van der Waals surface area contributed by atoms with Crippen molar-refractivity contribution in [1.82, 2.24) is 0 Å². The predicted molar refractivity (Wildman–Crippen MR) is 249 cm³/mol. The zero-order valence-electron chi connectivity index (χ0n) is 31.9. The van der Waals surface area contributed by atoms with Crippen LogP contribution in [0.4, 0.5) is 0 Å². The minimum atomic E-state index is 1.21. The van der Waals surface area contributed by atoms with E-state index in [1.165, 1.54) is 110 Å². The highest BCUT2D eigenvalue weighted by atomic mass is 14.2. The second-order valence-corrected chi connectivity index (χ2v) is 15.1. The van der Waals surface area contributed by atoms with Gasteiger partial charge in [0.1, 0.15) is 0 Å². The van der Waals surface area contributed by atoms with Crippen molar-refractivity contribution in [2.24, 2.45) is 0 Å². The number of benzene rings is 11. The molecule has 0 saturated heterocycles. The molecule has 0 bridgehead atoms. The molecule has 0 aliphatic heterocycles. The van der Waals surface area contributed by atoms with Gasteiger partial charge in [0.15, 0.2) is 0 Å². The maximum atomic E-state index is 2.40. The maximum Gasteiger partial charge on any atom is -0.00262 e. The van der Waals surface area contributed by atoms with E-state index in [1.807, 2.05) is 0 Å². The first-order chi connectivity index (χ1) is 28.8. The quantitative estimate of drug-likeness (QED) is 0.149. The highest BCUT2D eigenvalue weighted by molar-refractivity contribution is 6.23. The Hall–Kier alpha value is -7.54. The van der Waals surface area contributed by atoms with E-state index in [0.717, 1.165) is 0 Å². The molecule has 58 heavy (non-hydrogen) atoms. The molecule has 0 unspecified atom stereocenters. The Kier molecular flexibility index (Phi) is 8.26. The molecule has 0 fully saturated rings. The number of rotatable bonds is 6. The lowest BCUT2D eigenvalue weighted by Gasteiger charge is -2.20. The predicted octanol–water partition coefficient (Wildman–Crippen LogP) is 16.3. The van der Waals surface area contributed by atoms with Crippen LogP contribution in [0.2, 0.25) is 0 Å². The first-order valence-electron chi connectivity index (χ1n) is 20.1. The Labute approximate surface area is 339 Å². The van der Waals surface area contributed by atoms with E-state index in [2.05, 4.69) is 231 Å². The molecule has 0 saturated carbocycles. The summed E-state index contributed by atoms with van der Waals surface area (Å²) in [5.74, 6) is 0. The highest BCUT2D eigenvalue weighted by Crippen LogP contribution is 2.47. The fourth-order valence-electron chi connectivity index (χ4n) is 9.23. The summed E-state index contributed by atoms with van der Waals surface area (Å²) in [5.41, 5.74) is 14.8. The van der Waals surface area contributed by atoms with Crippen LogP contribution in [0.5, 0.6) is 0 Å². The summed E-state index contributed by atoms with van der Waals surface area (Å²) >= 11 is 0. The van der Waals surface area contributed by atoms with Gasteiger partial charge in [-0.2, -0.15) is 0 Å².